The minimum atomic E-state index is -4.60. The summed E-state index contributed by atoms with van der Waals surface area (Å²) in [6, 6.07) is 0. The van der Waals surface area contributed by atoms with Gasteiger partial charge in [-0.15, -0.1) is 0 Å². The minimum absolute atomic E-state index is 0.0556. The maximum atomic E-state index is 11.3. The van der Waals surface area contributed by atoms with E-state index < -0.39 is 16.0 Å². The number of rotatable bonds is 2. The highest BCUT2D eigenvalue weighted by Crippen LogP contribution is 2.16. The first kappa shape index (κ1) is 10.2. The van der Waals surface area contributed by atoms with Crippen LogP contribution in [0.5, 0.6) is 0 Å². The van der Waals surface area contributed by atoms with Gasteiger partial charge >= 0.3 is 6.18 Å². The average molecular weight is 186 g/mol. The fourth-order valence-corrected chi connectivity index (χ4v) is 0.683. The average Bonchev–Trinajstić information content (AvgIpc) is 1.83. The molecule has 0 N–H and O–H groups in total. The second-order valence-corrected chi connectivity index (χ2v) is 3.38. The molecule has 0 aliphatic carbocycles. The molecular formula is C5H5F3O2S. The number of hydrogen-bond donors (Lipinski definition) is 0. The van der Waals surface area contributed by atoms with Crippen molar-refractivity contribution in [1.82, 2.24) is 0 Å². The predicted molar refractivity (Wildman–Crippen MR) is 34.3 cm³/mol. The van der Waals surface area contributed by atoms with Gasteiger partial charge in [-0.2, -0.15) is 13.2 Å². The molecule has 0 atom stereocenters. The van der Waals surface area contributed by atoms with Crippen LogP contribution in [0.25, 0.3) is 0 Å². The Hall–Kier alpha value is -0.780. The van der Waals surface area contributed by atoms with Gasteiger partial charge in [0.1, 0.15) is 0 Å². The molecule has 0 aliphatic rings. The van der Waals surface area contributed by atoms with Crippen molar-refractivity contribution in [1.29, 1.82) is 0 Å². The van der Waals surface area contributed by atoms with E-state index in [1.54, 1.807) is 0 Å². The Morgan fingerprint density at radius 1 is 1.27 bits per heavy atom. The molecule has 0 heterocycles. The summed E-state index contributed by atoms with van der Waals surface area (Å²) >= 11 is 0. The summed E-state index contributed by atoms with van der Waals surface area (Å²) in [6.07, 6.45) is -4.96. The second-order valence-electron chi connectivity index (χ2n) is 1.60. The summed E-state index contributed by atoms with van der Waals surface area (Å²) < 4.78 is 54.7. The largest absolute Gasteiger partial charge is 0.410 e. The van der Waals surface area contributed by atoms with Gasteiger partial charge in [-0.25, -0.2) is 8.42 Å². The first-order valence-corrected chi connectivity index (χ1v) is 4.01. The third-order valence-electron chi connectivity index (χ3n) is 0.679. The Kier molecular flexibility index (Phi) is 2.86. The SMILES string of the molecule is C=CS(=O)(=O)/C=C/C(F)(F)F. The van der Waals surface area contributed by atoms with Crippen LogP contribution in [0.15, 0.2) is 23.5 Å². The quantitative estimate of drug-likeness (QED) is 0.656. The Morgan fingerprint density at radius 3 is 2.00 bits per heavy atom. The van der Waals surface area contributed by atoms with Crippen LogP contribution in [-0.4, -0.2) is 14.6 Å². The third-order valence-corrected chi connectivity index (χ3v) is 1.66. The highest BCUT2D eigenvalue weighted by atomic mass is 32.2. The fourth-order valence-electron chi connectivity index (χ4n) is 0.228. The molecule has 2 nitrogen and oxygen atoms in total. The highest BCUT2D eigenvalue weighted by molar-refractivity contribution is 7.97. The van der Waals surface area contributed by atoms with Crippen molar-refractivity contribution in [3.8, 4) is 0 Å². The lowest BCUT2D eigenvalue weighted by Gasteiger charge is -1.95. The van der Waals surface area contributed by atoms with Gasteiger partial charge in [-0.1, -0.05) is 6.58 Å². The lowest BCUT2D eigenvalue weighted by Crippen LogP contribution is -2.02. The molecule has 0 aromatic carbocycles. The molecule has 64 valence electrons. The van der Waals surface area contributed by atoms with Gasteiger partial charge in [0.25, 0.3) is 0 Å². The van der Waals surface area contributed by atoms with E-state index in [4.69, 9.17) is 0 Å². The topological polar surface area (TPSA) is 34.1 Å². The summed E-state index contributed by atoms with van der Waals surface area (Å²) in [6.45, 7) is 2.83. The van der Waals surface area contributed by atoms with Crippen molar-refractivity contribution in [2.75, 3.05) is 0 Å². The monoisotopic (exact) mass is 186 g/mol. The van der Waals surface area contributed by atoms with Crippen molar-refractivity contribution in [3.63, 3.8) is 0 Å². The smallest absolute Gasteiger partial charge is 0.220 e. The predicted octanol–water partition coefficient (Wildman–Crippen LogP) is 1.62. The van der Waals surface area contributed by atoms with Crippen LogP contribution in [0, 0.1) is 0 Å². The third kappa shape index (κ3) is 5.65. The molecule has 0 saturated heterocycles. The standard InChI is InChI=1S/C5H5F3O2S/c1-2-11(9,10)4-3-5(6,7)8/h2-4H,1H2/b4-3+. The molecule has 0 amide bonds. The first-order valence-electron chi connectivity index (χ1n) is 2.40. The van der Waals surface area contributed by atoms with Crippen LogP contribution in [0.4, 0.5) is 13.2 Å². The van der Waals surface area contributed by atoms with Crippen LogP contribution in [0.1, 0.15) is 0 Å². The summed E-state index contributed by atoms with van der Waals surface area (Å²) in [5, 5.41) is 0.495. The second kappa shape index (κ2) is 3.08. The van der Waals surface area contributed by atoms with Gasteiger partial charge in [0, 0.05) is 16.9 Å². The Bertz CT molecular complexity index is 260. The number of sulfone groups is 1. The molecule has 0 unspecified atom stereocenters. The molecule has 0 rings (SSSR count). The molecule has 0 aromatic heterocycles. The van der Waals surface area contributed by atoms with Crippen molar-refractivity contribution in [3.05, 3.63) is 23.5 Å². The highest BCUT2D eigenvalue weighted by Gasteiger charge is 2.23. The van der Waals surface area contributed by atoms with E-state index in [1.807, 2.05) is 0 Å². The van der Waals surface area contributed by atoms with Gasteiger partial charge in [-0.3, -0.25) is 0 Å². The van der Waals surface area contributed by atoms with Crippen molar-refractivity contribution >= 4 is 9.84 Å². The number of allylic oxidation sites excluding steroid dienone is 1. The van der Waals surface area contributed by atoms with Crippen LogP contribution in [0.3, 0.4) is 0 Å². The first-order chi connectivity index (χ1) is 4.77. The Labute approximate surface area is 61.9 Å². The fraction of sp³-hybridized carbons (Fsp3) is 0.200. The maximum absolute atomic E-state index is 11.3. The molecule has 0 bridgehead atoms. The lowest BCUT2D eigenvalue weighted by molar-refractivity contribution is -0.0796. The summed E-state index contributed by atoms with van der Waals surface area (Å²) in [5.74, 6) is 0. The molecule has 6 heteroatoms. The van der Waals surface area contributed by atoms with E-state index in [-0.39, 0.29) is 11.5 Å². The van der Waals surface area contributed by atoms with Crippen LogP contribution in [0.2, 0.25) is 0 Å². The van der Waals surface area contributed by atoms with Crippen molar-refractivity contribution in [2.45, 2.75) is 6.18 Å². The Morgan fingerprint density at radius 2 is 1.73 bits per heavy atom. The maximum Gasteiger partial charge on any atom is 0.410 e. The van der Waals surface area contributed by atoms with E-state index >= 15 is 0 Å². The molecular weight excluding hydrogens is 181 g/mol. The zero-order valence-corrected chi connectivity index (χ0v) is 6.11. The van der Waals surface area contributed by atoms with E-state index in [0.717, 1.165) is 0 Å². The van der Waals surface area contributed by atoms with Gasteiger partial charge in [0.2, 0.25) is 0 Å². The summed E-state index contributed by atoms with van der Waals surface area (Å²) in [4.78, 5) is 0. The number of hydrogen-bond acceptors (Lipinski definition) is 2. The Balaban J connectivity index is 4.51. The lowest BCUT2D eigenvalue weighted by atomic mass is 10.6. The zero-order chi connectivity index (χ0) is 9.12. The number of halogens is 3. The molecule has 0 spiro atoms. The van der Waals surface area contributed by atoms with Gasteiger partial charge in [0.05, 0.1) is 0 Å². The molecule has 0 fully saturated rings. The minimum Gasteiger partial charge on any atom is -0.220 e. The van der Waals surface area contributed by atoms with E-state index in [0.29, 0.717) is 5.41 Å². The zero-order valence-electron chi connectivity index (χ0n) is 5.30. The van der Waals surface area contributed by atoms with Gasteiger partial charge < -0.3 is 0 Å². The van der Waals surface area contributed by atoms with Crippen LogP contribution in [-0.2, 0) is 9.84 Å². The van der Waals surface area contributed by atoms with E-state index in [2.05, 4.69) is 6.58 Å². The van der Waals surface area contributed by atoms with Gasteiger partial charge in [0.15, 0.2) is 9.84 Å². The van der Waals surface area contributed by atoms with Crippen molar-refractivity contribution in [2.24, 2.45) is 0 Å². The molecule has 0 radical (unpaired) electrons. The normalized spacial score (nSPS) is 13.7. The molecule has 0 aliphatic heterocycles. The van der Waals surface area contributed by atoms with Crippen molar-refractivity contribution < 1.29 is 21.6 Å². The van der Waals surface area contributed by atoms with Crippen LogP contribution >= 0.6 is 0 Å². The molecule has 0 saturated carbocycles. The van der Waals surface area contributed by atoms with E-state index in [1.165, 1.54) is 0 Å². The number of alkyl halides is 3. The van der Waals surface area contributed by atoms with Crippen LogP contribution < -0.4 is 0 Å². The van der Waals surface area contributed by atoms with Gasteiger partial charge in [-0.05, 0) is 0 Å². The summed E-state index contributed by atoms with van der Waals surface area (Å²) in [7, 11) is -3.89. The summed E-state index contributed by atoms with van der Waals surface area (Å²) in [5.41, 5.74) is 0. The molecule has 11 heavy (non-hydrogen) atoms. The van der Waals surface area contributed by atoms with E-state index in [9.17, 15) is 21.6 Å². The molecule has 0 aromatic rings.